The number of nitrogens with one attached hydrogen (secondary N) is 1. The number of carbonyl (C=O) groups is 1. The van der Waals surface area contributed by atoms with E-state index in [1.807, 2.05) is 19.1 Å². The third-order valence-electron chi connectivity index (χ3n) is 4.62. The maximum atomic E-state index is 13.2. The Hall–Kier alpha value is -2.76. The first-order valence-corrected chi connectivity index (χ1v) is 11.2. The topological polar surface area (TPSA) is 108 Å². The van der Waals surface area contributed by atoms with Crippen LogP contribution in [0.15, 0.2) is 40.4 Å². The molecule has 9 nitrogen and oxygen atoms in total. The largest absolute Gasteiger partial charge is 0.300 e. The predicted octanol–water partition coefficient (Wildman–Crippen LogP) is 3.07. The Kier molecular flexibility index (Phi) is 4.80. The summed E-state index contributed by atoms with van der Waals surface area (Å²) in [6.07, 6.45) is 1.65. The number of benzene rings is 1. The fourth-order valence-electron chi connectivity index (χ4n) is 3.31. The predicted molar refractivity (Wildman–Crippen MR) is 116 cm³/mol. The number of hydrogen-bond acceptors (Lipinski definition) is 8. The van der Waals surface area contributed by atoms with Gasteiger partial charge >= 0.3 is 0 Å². The van der Waals surface area contributed by atoms with Crippen LogP contribution in [0.4, 0.5) is 5.13 Å². The van der Waals surface area contributed by atoms with Gasteiger partial charge in [-0.15, -0.1) is 10.2 Å². The van der Waals surface area contributed by atoms with Crippen LogP contribution >= 0.6 is 34.7 Å². The molecule has 0 fully saturated rings. The highest BCUT2D eigenvalue weighted by atomic mass is 35.5. The second-order valence-corrected chi connectivity index (χ2v) is 9.29. The van der Waals surface area contributed by atoms with E-state index in [4.69, 9.17) is 11.6 Å². The molecule has 1 N–H and O–H groups in total. The van der Waals surface area contributed by atoms with Gasteiger partial charge in [-0.05, 0) is 25.1 Å². The van der Waals surface area contributed by atoms with E-state index in [0.717, 1.165) is 10.7 Å². The van der Waals surface area contributed by atoms with E-state index in [1.54, 1.807) is 21.4 Å². The van der Waals surface area contributed by atoms with E-state index in [0.29, 0.717) is 32.1 Å². The number of rotatable bonds is 4. The molecule has 0 aliphatic carbocycles. The van der Waals surface area contributed by atoms with Crippen molar-refractivity contribution >= 4 is 56.8 Å². The van der Waals surface area contributed by atoms with Crippen LogP contribution in [0.5, 0.6) is 0 Å². The van der Waals surface area contributed by atoms with Gasteiger partial charge in [0.15, 0.2) is 10.8 Å². The van der Waals surface area contributed by atoms with Crippen LogP contribution in [0.25, 0.3) is 16.7 Å². The van der Waals surface area contributed by atoms with Crippen molar-refractivity contribution in [2.24, 2.45) is 0 Å². The lowest BCUT2D eigenvalue weighted by molar-refractivity contribution is -0.116. The summed E-state index contributed by atoms with van der Waals surface area (Å²) in [5, 5.41) is 17.6. The van der Waals surface area contributed by atoms with Crippen LogP contribution in [-0.4, -0.2) is 41.2 Å². The average molecular weight is 460 g/mol. The third kappa shape index (κ3) is 3.38. The number of nitrogens with zero attached hydrogens (tertiary/aromatic N) is 6. The number of hydrogen-bond donors (Lipinski definition) is 1. The highest BCUT2D eigenvalue weighted by Crippen LogP contribution is 2.33. The molecule has 1 aromatic carbocycles. The molecular weight excluding hydrogens is 446 g/mol. The molecular formula is C18H14ClN7O2S2. The molecule has 152 valence electrons. The number of aromatic nitrogens is 6. The Morgan fingerprint density at radius 3 is 3.00 bits per heavy atom. The quantitative estimate of drug-likeness (QED) is 0.467. The summed E-state index contributed by atoms with van der Waals surface area (Å²) in [4.78, 5) is 30.3. The first kappa shape index (κ1) is 19.2. The fraction of sp³-hybridized carbons (Fsp3) is 0.222. The molecule has 12 heteroatoms. The van der Waals surface area contributed by atoms with Gasteiger partial charge in [-0.25, -0.2) is 9.67 Å². The van der Waals surface area contributed by atoms with Crippen LogP contribution in [0.1, 0.15) is 17.5 Å². The number of anilines is 1. The number of thioether (sulfide) groups is 1. The maximum Gasteiger partial charge on any atom is 0.265 e. The summed E-state index contributed by atoms with van der Waals surface area (Å²) in [5.41, 5.74) is 0.980. The van der Waals surface area contributed by atoms with E-state index in [9.17, 15) is 9.59 Å². The molecule has 0 saturated heterocycles. The molecule has 0 radical (unpaired) electrons. The van der Waals surface area contributed by atoms with E-state index in [1.165, 1.54) is 29.3 Å². The van der Waals surface area contributed by atoms with Crippen molar-refractivity contribution in [3.63, 3.8) is 0 Å². The first-order chi connectivity index (χ1) is 14.5. The molecule has 30 heavy (non-hydrogen) atoms. The van der Waals surface area contributed by atoms with Crippen LogP contribution in [0.2, 0.25) is 5.02 Å². The highest BCUT2D eigenvalue weighted by molar-refractivity contribution is 7.99. The lowest BCUT2D eigenvalue weighted by atomic mass is 10.2. The van der Waals surface area contributed by atoms with Gasteiger partial charge in [0.2, 0.25) is 11.0 Å². The molecule has 1 aliphatic heterocycles. The van der Waals surface area contributed by atoms with Crippen molar-refractivity contribution in [3.05, 3.63) is 50.8 Å². The van der Waals surface area contributed by atoms with E-state index in [2.05, 4.69) is 25.6 Å². The number of halogens is 1. The zero-order valence-corrected chi connectivity index (χ0v) is 18.0. The summed E-state index contributed by atoms with van der Waals surface area (Å²) < 4.78 is 3.18. The van der Waals surface area contributed by atoms with Crippen LogP contribution < -0.4 is 10.9 Å². The normalized spacial score (nSPS) is 15.5. The molecule has 0 bridgehead atoms. The van der Waals surface area contributed by atoms with Gasteiger partial charge in [0.1, 0.15) is 10.4 Å². The molecule has 1 unspecified atom stereocenters. The zero-order valence-electron chi connectivity index (χ0n) is 15.6. The van der Waals surface area contributed by atoms with Crippen molar-refractivity contribution in [3.8, 4) is 5.69 Å². The molecule has 4 aromatic rings. The molecule has 1 amide bonds. The number of fused-ring (bicyclic) bond motifs is 2. The van der Waals surface area contributed by atoms with Gasteiger partial charge in [-0.1, -0.05) is 40.8 Å². The Labute approximate surface area is 183 Å². The fourth-order valence-corrected chi connectivity index (χ4v) is 5.23. The first-order valence-electron chi connectivity index (χ1n) is 8.98. The van der Waals surface area contributed by atoms with Gasteiger partial charge < -0.3 is 5.32 Å². The SMILES string of the molecule is Cc1nnc(NC(=O)CC2CSc3nc4c(cnn4-c4cccc(Cl)c4)c(=O)n32)s1. The molecule has 4 heterocycles. The average Bonchev–Trinajstić information content (AvgIpc) is 3.41. The third-order valence-corrected chi connectivity index (χ3v) is 6.70. The van der Waals surface area contributed by atoms with Gasteiger partial charge in [-0.2, -0.15) is 5.10 Å². The van der Waals surface area contributed by atoms with Crippen molar-refractivity contribution in [1.29, 1.82) is 0 Å². The lowest BCUT2D eigenvalue weighted by Gasteiger charge is -2.12. The number of amides is 1. The highest BCUT2D eigenvalue weighted by Gasteiger charge is 2.29. The van der Waals surface area contributed by atoms with Gasteiger partial charge in [0.05, 0.1) is 17.9 Å². The zero-order chi connectivity index (χ0) is 20.8. The standard InChI is InChI=1S/C18H14ClN7O2S2/c1-9-23-24-17(30-9)21-14(27)6-12-8-29-18-22-15-13(16(28)25(12)18)7-20-26(15)11-4-2-3-10(19)5-11/h2-5,7,12H,6,8H2,1H3,(H,21,24,27). The minimum Gasteiger partial charge on any atom is -0.300 e. The molecule has 5 rings (SSSR count). The van der Waals surface area contributed by atoms with Gasteiger partial charge in [0.25, 0.3) is 5.56 Å². The summed E-state index contributed by atoms with van der Waals surface area (Å²) in [6, 6.07) is 6.90. The smallest absolute Gasteiger partial charge is 0.265 e. The minimum absolute atomic E-state index is 0.147. The van der Waals surface area contributed by atoms with Crippen molar-refractivity contribution in [2.45, 2.75) is 24.5 Å². The molecule has 0 saturated carbocycles. The van der Waals surface area contributed by atoms with Crippen LogP contribution in [0, 0.1) is 6.92 Å². The summed E-state index contributed by atoms with van der Waals surface area (Å²) in [7, 11) is 0. The second-order valence-electron chi connectivity index (χ2n) is 6.69. The lowest BCUT2D eigenvalue weighted by Crippen LogP contribution is -2.27. The van der Waals surface area contributed by atoms with E-state index < -0.39 is 0 Å². The molecule has 3 aromatic heterocycles. The van der Waals surface area contributed by atoms with Crippen molar-refractivity contribution in [1.82, 2.24) is 29.5 Å². The summed E-state index contributed by atoms with van der Waals surface area (Å²) in [6.45, 7) is 1.82. The minimum atomic E-state index is -0.294. The van der Waals surface area contributed by atoms with Crippen LogP contribution in [-0.2, 0) is 4.79 Å². The van der Waals surface area contributed by atoms with Crippen molar-refractivity contribution < 1.29 is 4.79 Å². The summed E-state index contributed by atoms with van der Waals surface area (Å²) in [5.74, 6) is 0.369. The maximum absolute atomic E-state index is 13.2. The number of carbonyl (C=O) groups excluding carboxylic acids is 1. The number of aryl methyl sites for hydroxylation is 1. The van der Waals surface area contributed by atoms with E-state index in [-0.39, 0.29) is 23.9 Å². The van der Waals surface area contributed by atoms with Crippen molar-refractivity contribution in [2.75, 3.05) is 11.1 Å². The van der Waals surface area contributed by atoms with Gasteiger partial charge in [0, 0.05) is 17.2 Å². The molecule has 1 aliphatic rings. The van der Waals surface area contributed by atoms with E-state index >= 15 is 0 Å². The monoisotopic (exact) mass is 459 g/mol. The van der Waals surface area contributed by atoms with Crippen LogP contribution in [0.3, 0.4) is 0 Å². The Morgan fingerprint density at radius 1 is 1.37 bits per heavy atom. The Bertz CT molecular complexity index is 1350. The Balaban J connectivity index is 1.47. The van der Waals surface area contributed by atoms with Gasteiger partial charge in [-0.3, -0.25) is 14.2 Å². The summed E-state index contributed by atoms with van der Waals surface area (Å²) >= 11 is 8.84. The second kappa shape index (κ2) is 7.49. The molecule has 1 atom stereocenters. The molecule has 0 spiro atoms. The Morgan fingerprint density at radius 2 is 2.23 bits per heavy atom.